The van der Waals surface area contributed by atoms with E-state index in [2.05, 4.69) is 32.7 Å². The zero-order chi connectivity index (χ0) is 21.3. The highest BCUT2D eigenvalue weighted by Gasteiger charge is 2.22. The number of halogens is 2. The van der Waals surface area contributed by atoms with Crippen molar-refractivity contribution in [3.8, 4) is 5.75 Å². The fourth-order valence-corrected chi connectivity index (χ4v) is 3.75. The summed E-state index contributed by atoms with van der Waals surface area (Å²) in [6.45, 7) is 8.82. The van der Waals surface area contributed by atoms with Crippen LogP contribution in [0.5, 0.6) is 5.75 Å². The van der Waals surface area contributed by atoms with Crippen molar-refractivity contribution in [3.63, 3.8) is 0 Å². The maximum atomic E-state index is 6.15. The van der Waals surface area contributed by atoms with E-state index >= 15 is 0 Å². The monoisotopic (exact) mass is 561 g/mol. The van der Waals surface area contributed by atoms with Crippen LogP contribution in [0.4, 0.5) is 0 Å². The predicted octanol–water partition coefficient (Wildman–Crippen LogP) is 2.99. The number of likely N-dealkylation sites (tertiary alicyclic amines) is 1. The van der Waals surface area contributed by atoms with Crippen molar-refractivity contribution in [1.82, 2.24) is 30.3 Å². The Morgan fingerprint density at radius 1 is 1.29 bits per heavy atom. The molecule has 31 heavy (non-hydrogen) atoms. The average Bonchev–Trinajstić information content (AvgIpc) is 3.34. The molecular weight excluding hydrogens is 529 g/mol. The third-order valence-electron chi connectivity index (χ3n) is 5.46. The minimum absolute atomic E-state index is 0. The summed E-state index contributed by atoms with van der Waals surface area (Å²) in [5.74, 6) is 3.14. The number of aliphatic imine (C=N–C) groups is 1. The van der Waals surface area contributed by atoms with E-state index in [9.17, 15) is 0 Å². The largest absolute Gasteiger partial charge is 0.490 e. The first-order valence-electron chi connectivity index (χ1n) is 10.6. The number of likely N-dealkylation sites (N-methyl/N-ethyl adjacent to an activating group) is 1. The van der Waals surface area contributed by atoms with Crippen LogP contribution in [0.15, 0.2) is 29.3 Å². The van der Waals surface area contributed by atoms with Gasteiger partial charge in [0.15, 0.2) is 11.8 Å². The van der Waals surface area contributed by atoms with Gasteiger partial charge in [-0.2, -0.15) is 0 Å². The first-order chi connectivity index (χ1) is 14.6. The van der Waals surface area contributed by atoms with Crippen LogP contribution in [-0.2, 0) is 13.6 Å². The van der Waals surface area contributed by atoms with E-state index < -0.39 is 0 Å². The molecular formula is C21H33ClIN7O. The highest BCUT2D eigenvalue weighted by molar-refractivity contribution is 14.0. The number of guanidine groups is 1. The number of nitrogens with zero attached hydrogens (tertiary/aromatic N) is 5. The Kier molecular flexibility index (Phi) is 10.8. The standard InChI is InChI=1S/C21H32ClN7O.HI/c1-4-29-12-7-8-17(29)14-24-21(25-15-20-27-26-16(2)28(20)3)23-11-13-30-19-10-6-5-9-18(19)22;/h5-6,9-10,17H,4,7-8,11-15H2,1-3H3,(H2,23,24,25);1H. The topological polar surface area (TPSA) is 79.6 Å². The van der Waals surface area contributed by atoms with Crippen LogP contribution in [0.1, 0.15) is 31.4 Å². The highest BCUT2D eigenvalue weighted by Crippen LogP contribution is 2.22. The molecule has 1 aliphatic rings. The molecule has 2 aromatic rings. The van der Waals surface area contributed by atoms with E-state index in [0.29, 0.717) is 36.5 Å². The second-order valence-corrected chi connectivity index (χ2v) is 7.81. The summed E-state index contributed by atoms with van der Waals surface area (Å²) >= 11 is 6.15. The lowest BCUT2D eigenvalue weighted by Crippen LogP contribution is -2.45. The SMILES string of the molecule is CCN1CCCC1CNC(=NCc1nnc(C)n1C)NCCOc1ccccc1Cl.I. The number of aryl methyl sites for hydroxylation is 1. The van der Waals surface area contributed by atoms with Gasteiger partial charge in [-0.25, -0.2) is 4.99 Å². The molecule has 1 aromatic carbocycles. The summed E-state index contributed by atoms with van der Waals surface area (Å²) in [5.41, 5.74) is 0. The van der Waals surface area contributed by atoms with Crippen molar-refractivity contribution in [3.05, 3.63) is 40.9 Å². The van der Waals surface area contributed by atoms with Gasteiger partial charge in [-0.3, -0.25) is 4.90 Å². The Bertz CT molecular complexity index is 845. The molecule has 0 spiro atoms. The molecule has 1 fully saturated rings. The highest BCUT2D eigenvalue weighted by atomic mass is 127. The minimum atomic E-state index is 0. The lowest BCUT2D eigenvalue weighted by molar-refractivity contribution is 0.266. The average molecular weight is 562 g/mol. The number of nitrogens with one attached hydrogen (secondary N) is 2. The Labute approximate surface area is 206 Å². The van der Waals surface area contributed by atoms with Gasteiger partial charge < -0.3 is 19.9 Å². The summed E-state index contributed by atoms with van der Waals surface area (Å²) in [7, 11) is 1.95. The van der Waals surface area contributed by atoms with E-state index in [1.54, 1.807) is 0 Å². The number of hydrogen-bond acceptors (Lipinski definition) is 5. The summed E-state index contributed by atoms with van der Waals surface area (Å²) in [4.78, 5) is 7.22. The Morgan fingerprint density at radius 3 is 2.81 bits per heavy atom. The molecule has 1 aliphatic heterocycles. The van der Waals surface area contributed by atoms with Gasteiger partial charge in [-0.15, -0.1) is 34.2 Å². The Morgan fingerprint density at radius 2 is 2.10 bits per heavy atom. The predicted molar refractivity (Wildman–Crippen MR) is 136 cm³/mol. The lowest BCUT2D eigenvalue weighted by Gasteiger charge is -2.24. The second kappa shape index (κ2) is 13.1. The molecule has 10 heteroatoms. The van der Waals surface area contributed by atoms with E-state index in [1.807, 2.05) is 42.8 Å². The first kappa shape index (κ1) is 25.7. The van der Waals surface area contributed by atoms with Crippen LogP contribution < -0.4 is 15.4 Å². The van der Waals surface area contributed by atoms with Gasteiger partial charge in [0, 0.05) is 19.6 Å². The third-order valence-corrected chi connectivity index (χ3v) is 5.77. The van der Waals surface area contributed by atoms with Crippen LogP contribution in [0.2, 0.25) is 5.02 Å². The van der Waals surface area contributed by atoms with Crippen LogP contribution >= 0.6 is 35.6 Å². The molecule has 1 aromatic heterocycles. The van der Waals surface area contributed by atoms with Gasteiger partial charge in [0.1, 0.15) is 24.7 Å². The number of para-hydroxylation sites is 1. The van der Waals surface area contributed by atoms with Crippen molar-refractivity contribution in [1.29, 1.82) is 0 Å². The van der Waals surface area contributed by atoms with Gasteiger partial charge in [0.25, 0.3) is 0 Å². The molecule has 0 aliphatic carbocycles. The number of hydrogen-bond donors (Lipinski definition) is 2. The summed E-state index contributed by atoms with van der Waals surface area (Å²) in [5, 5.41) is 15.8. The molecule has 0 radical (unpaired) electrons. The van der Waals surface area contributed by atoms with E-state index in [-0.39, 0.29) is 24.0 Å². The van der Waals surface area contributed by atoms with Crippen molar-refractivity contribution in [2.45, 2.75) is 39.3 Å². The number of rotatable bonds is 9. The molecule has 2 heterocycles. The van der Waals surface area contributed by atoms with Gasteiger partial charge in [-0.05, 0) is 45.0 Å². The minimum Gasteiger partial charge on any atom is -0.490 e. The summed E-state index contributed by atoms with van der Waals surface area (Å²) in [6.07, 6.45) is 2.47. The van der Waals surface area contributed by atoms with Crippen LogP contribution in [0, 0.1) is 6.92 Å². The number of ether oxygens (including phenoxy) is 1. The van der Waals surface area contributed by atoms with Crippen molar-refractivity contribution in [2.24, 2.45) is 12.0 Å². The first-order valence-corrected chi connectivity index (χ1v) is 10.9. The fourth-order valence-electron chi connectivity index (χ4n) is 3.56. The smallest absolute Gasteiger partial charge is 0.191 e. The summed E-state index contributed by atoms with van der Waals surface area (Å²) < 4.78 is 7.73. The molecule has 2 N–H and O–H groups in total. The van der Waals surface area contributed by atoms with Gasteiger partial charge >= 0.3 is 0 Å². The van der Waals surface area contributed by atoms with Gasteiger partial charge in [0.2, 0.25) is 0 Å². The van der Waals surface area contributed by atoms with Crippen molar-refractivity contribution < 1.29 is 4.74 Å². The van der Waals surface area contributed by atoms with E-state index in [4.69, 9.17) is 21.3 Å². The van der Waals surface area contributed by atoms with Crippen LogP contribution in [-0.4, -0.2) is 64.5 Å². The molecule has 1 saturated heterocycles. The maximum absolute atomic E-state index is 6.15. The molecule has 1 unspecified atom stereocenters. The van der Waals surface area contributed by atoms with E-state index in [1.165, 1.54) is 19.4 Å². The van der Waals surface area contributed by atoms with Crippen molar-refractivity contribution in [2.75, 3.05) is 32.8 Å². The van der Waals surface area contributed by atoms with Crippen LogP contribution in [0.3, 0.4) is 0 Å². The van der Waals surface area contributed by atoms with Crippen molar-refractivity contribution >= 4 is 41.5 Å². The molecule has 172 valence electrons. The zero-order valence-electron chi connectivity index (χ0n) is 18.5. The number of aromatic nitrogens is 3. The maximum Gasteiger partial charge on any atom is 0.191 e. The van der Waals surface area contributed by atoms with Gasteiger partial charge in [-0.1, -0.05) is 30.7 Å². The quantitative estimate of drug-likeness (QED) is 0.212. The molecule has 3 rings (SSSR count). The molecule has 0 bridgehead atoms. The van der Waals surface area contributed by atoms with E-state index in [0.717, 1.165) is 30.7 Å². The Balaban J connectivity index is 0.00000341. The summed E-state index contributed by atoms with van der Waals surface area (Å²) in [6, 6.07) is 8.03. The zero-order valence-corrected chi connectivity index (χ0v) is 21.6. The molecule has 0 amide bonds. The molecule has 8 nitrogen and oxygen atoms in total. The molecule has 1 atom stereocenters. The lowest BCUT2D eigenvalue weighted by atomic mass is 10.2. The second-order valence-electron chi connectivity index (χ2n) is 7.40. The Hall–Kier alpha value is -1.59. The van der Waals surface area contributed by atoms with Crippen LogP contribution in [0.25, 0.3) is 0 Å². The fraction of sp³-hybridized carbons (Fsp3) is 0.571. The third kappa shape index (κ3) is 7.50. The normalized spacial score (nSPS) is 16.8. The van der Waals surface area contributed by atoms with Gasteiger partial charge in [0.05, 0.1) is 11.6 Å². The molecule has 0 saturated carbocycles. The number of benzene rings is 1.